The maximum absolute atomic E-state index is 12.8. The van der Waals surface area contributed by atoms with E-state index < -0.39 is 10.0 Å². The molecule has 25 heavy (non-hydrogen) atoms. The quantitative estimate of drug-likeness (QED) is 0.697. The Kier molecular flexibility index (Phi) is 4.01. The van der Waals surface area contributed by atoms with E-state index in [0.717, 1.165) is 21.3 Å². The van der Waals surface area contributed by atoms with Crippen molar-refractivity contribution in [3.8, 4) is 0 Å². The molecule has 1 aliphatic heterocycles. The number of aryl methyl sites for hydroxylation is 2. The molecule has 1 fully saturated rings. The maximum atomic E-state index is 12.8. The van der Waals surface area contributed by atoms with E-state index in [2.05, 4.69) is 15.0 Å². The Morgan fingerprint density at radius 1 is 1.04 bits per heavy atom. The first-order valence-electron chi connectivity index (χ1n) is 8.08. The molecular formula is C16H19N5O2S2. The van der Waals surface area contributed by atoms with E-state index in [4.69, 9.17) is 0 Å². The SMILES string of the molecule is Cc1ccc(S(=O)(=O)N2CCN(c3nn4cc(C)nc4s3)CC2)cc1. The van der Waals surface area contributed by atoms with Crippen LogP contribution in [-0.4, -0.2) is 53.5 Å². The van der Waals surface area contributed by atoms with Crippen LogP contribution < -0.4 is 4.90 Å². The van der Waals surface area contributed by atoms with Gasteiger partial charge in [0.25, 0.3) is 0 Å². The zero-order chi connectivity index (χ0) is 17.6. The Morgan fingerprint density at radius 3 is 2.36 bits per heavy atom. The van der Waals surface area contributed by atoms with E-state index >= 15 is 0 Å². The molecule has 0 N–H and O–H groups in total. The van der Waals surface area contributed by atoms with Crippen LogP contribution in [0.15, 0.2) is 35.4 Å². The molecule has 0 radical (unpaired) electrons. The number of hydrogen-bond acceptors (Lipinski definition) is 6. The van der Waals surface area contributed by atoms with Crippen LogP contribution >= 0.6 is 11.3 Å². The van der Waals surface area contributed by atoms with E-state index in [-0.39, 0.29) is 0 Å². The van der Waals surface area contributed by atoms with Crippen molar-refractivity contribution in [1.29, 1.82) is 0 Å². The molecule has 0 amide bonds. The summed E-state index contributed by atoms with van der Waals surface area (Å²) in [5.41, 5.74) is 1.99. The van der Waals surface area contributed by atoms with Gasteiger partial charge in [0, 0.05) is 26.2 Å². The predicted molar refractivity (Wildman–Crippen MR) is 97.8 cm³/mol. The highest BCUT2D eigenvalue weighted by Crippen LogP contribution is 2.25. The van der Waals surface area contributed by atoms with Gasteiger partial charge in [-0.05, 0) is 26.0 Å². The van der Waals surface area contributed by atoms with Gasteiger partial charge in [-0.1, -0.05) is 29.0 Å². The summed E-state index contributed by atoms with van der Waals surface area (Å²) in [5, 5.41) is 5.43. The molecule has 0 spiro atoms. The molecule has 1 saturated heterocycles. The van der Waals surface area contributed by atoms with Crippen molar-refractivity contribution in [3.63, 3.8) is 0 Å². The second kappa shape index (κ2) is 6.08. The van der Waals surface area contributed by atoms with Crippen LogP contribution in [0.1, 0.15) is 11.3 Å². The molecule has 132 valence electrons. The summed E-state index contributed by atoms with van der Waals surface area (Å²) in [7, 11) is -3.43. The lowest BCUT2D eigenvalue weighted by atomic mass is 10.2. The summed E-state index contributed by atoms with van der Waals surface area (Å²) in [6, 6.07) is 7.01. The fourth-order valence-corrected chi connectivity index (χ4v) is 5.31. The zero-order valence-electron chi connectivity index (χ0n) is 14.1. The summed E-state index contributed by atoms with van der Waals surface area (Å²) < 4.78 is 28.9. The van der Waals surface area contributed by atoms with Gasteiger partial charge in [-0.15, -0.1) is 5.10 Å². The number of imidazole rings is 1. The number of rotatable bonds is 3. The van der Waals surface area contributed by atoms with Crippen molar-refractivity contribution >= 4 is 31.5 Å². The summed E-state index contributed by atoms with van der Waals surface area (Å²) in [4.78, 5) is 7.76. The molecule has 3 aromatic rings. The number of benzene rings is 1. The Labute approximate surface area is 150 Å². The van der Waals surface area contributed by atoms with Crippen molar-refractivity contribution in [2.45, 2.75) is 18.7 Å². The van der Waals surface area contributed by atoms with Gasteiger partial charge < -0.3 is 4.90 Å². The molecule has 0 saturated carbocycles. The van der Waals surface area contributed by atoms with E-state index in [1.54, 1.807) is 21.0 Å². The average molecular weight is 377 g/mol. The van der Waals surface area contributed by atoms with Crippen LogP contribution in [0.25, 0.3) is 4.96 Å². The fourth-order valence-electron chi connectivity index (χ4n) is 2.91. The molecule has 9 heteroatoms. The molecule has 3 heterocycles. The van der Waals surface area contributed by atoms with E-state index in [1.165, 1.54) is 11.3 Å². The lowest BCUT2D eigenvalue weighted by molar-refractivity contribution is 0.384. The lowest BCUT2D eigenvalue weighted by Crippen LogP contribution is -2.48. The largest absolute Gasteiger partial charge is 0.344 e. The smallest absolute Gasteiger partial charge is 0.243 e. The van der Waals surface area contributed by atoms with Gasteiger partial charge in [0.05, 0.1) is 16.8 Å². The van der Waals surface area contributed by atoms with Gasteiger partial charge in [0.1, 0.15) is 0 Å². The van der Waals surface area contributed by atoms with Crippen molar-refractivity contribution in [3.05, 3.63) is 41.7 Å². The van der Waals surface area contributed by atoms with E-state index in [1.807, 2.05) is 32.2 Å². The topological polar surface area (TPSA) is 70.8 Å². The highest BCUT2D eigenvalue weighted by Gasteiger charge is 2.29. The third-order valence-electron chi connectivity index (χ3n) is 4.32. The minimum Gasteiger partial charge on any atom is -0.344 e. The highest BCUT2D eigenvalue weighted by molar-refractivity contribution is 7.89. The minimum absolute atomic E-state index is 0.356. The first-order valence-corrected chi connectivity index (χ1v) is 10.3. The fraction of sp³-hybridized carbons (Fsp3) is 0.375. The number of nitrogens with zero attached hydrogens (tertiary/aromatic N) is 5. The third kappa shape index (κ3) is 3.03. The summed E-state index contributed by atoms with van der Waals surface area (Å²) in [6.07, 6.45) is 1.90. The molecule has 2 aromatic heterocycles. The van der Waals surface area contributed by atoms with Gasteiger partial charge in [0.2, 0.25) is 20.1 Å². The van der Waals surface area contributed by atoms with Crippen LogP contribution in [-0.2, 0) is 10.0 Å². The molecule has 0 aliphatic carbocycles. The molecule has 1 aromatic carbocycles. The van der Waals surface area contributed by atoms with Crippen LogP contribution in [0.2, 0.25) is 0 Å². The Balaban J connectivity index is 1.48. The third-order valence-corrected chi connectivity index (χ3v) is 7.22. The highest BCUT2D eigenvalue weighted by atomic mass is 32.2. The van der Waals surface area contributed by atoms with Crippen LogP contribution in [0, 0.1) is 13.8 Å². The second-order valence-electron chi connectivity index (χ2n) is 6.20. The molecular weight excluding hydrogens is 358 g/mol. The molecule has 0 atom stereocenters. The number of fused-ring (bicyclic) bond motifs is 1. The van der Waals surface area contributed by atoms with Crippen molar-refractivity contribution in [1.82, 2.24) is 18.9 Å². The van der Waals surface area contributed by atoms with Crippen molar-refractivity contribution in [2.75, 3.05) is 31.1 Å². The number of aromatic nitrogens is 3. The van der Waals surface area contributed by atoms with Gasteiger partial charge in [0.15, 0.2) is 0 Å². The molecule has 1 aliphatic rings. The maximum Gasteiger partial charge on any atom is 0.243 e. The molecule has 4 rings (SSSR count). The number of piperazine rings is 1. The number of sulfonamides is 1. The Hall–Kier alpha value is -1.97. The van der Waals surface area contributed by atoms with Crippen molar-refractivity contribution in [2.24, 2.45) is 0 Å². The van der Waals surface area contributed by atoms with Crippen LogP contribution in [0.5, 0.6) is 0 Å². The van der Waals surface area contributed by atoms with Gasteiger partial charge in [-0.3, -0.25) is 0 Å². The van der Waals surface area contributed by atoms with Gasteiger partial charge >= 0.3 is 0 Å². The summed E-state index contributed by atoms with van der Waals surface area (Å²) in [5.74, 6) is 0. The standard InChI is InChI=1S/C16H19N5O2S2/c1-12-3-5-14(6-4-12)25(22,23)20-9-7-19(8-10-20)16-18-21-11-13(2)17-15(21)24-16/h3-6,11H,7-10H2,1-2H3. The normalized spacial score (nSPS) is 16.6. The first kappa shape index (κ1) is 16.5. The van der Waals surface area contributed by atoms with Gasteiger partial charge in [-0.2, -0.15) is 4.31 Å². The number of anilines is 1. The van der Waals surface area contributed by atoms with E-state index in [0.29, 0.717) is 31.1 Å². The van der Waals surface area contributed by atoms with Gasteiger partial charge in [-0.25, -0.2) is 17.9 Å². The molecule has 0 bridgehead atoms. The molecule has 7 nitrogen and oxygen atoms in total. The number of hydrogen-bond donors (Lipinski definition) is 0. The summed E-state index contributed by atoms with van der Waals surface area (Å²) >= 11 is 1.53. The van der Waals surface area contributed by atoms with Crippen LogP contribution in [0.3, 0.4) is 0 Å². The van der Waals surface area contributed by atoms with E-state index in [9.17, 15) is 8.42 Å². The zero-order valence-corrected chi connectivity index (χ0v) is 15.7. The molecule has 0 unspecified atom stereocenters. The minimum atomic E-state index is -3.43. The second-order valence-corrected chi connectivity index (χ2v) is 9.07. The Bertz CT molecular complexity index is 968. The van der Waals surface area contributed by atoms with Crippen molar-refractivity contribution < 1.29 is 8.42 Å². The first-order chi connectivity index (χ1) is 11.9. The monoisotopic (exact) mass is 377 g/mol. The van der Waals surface area contributed by atoms with Crippen LogP contribution in [0.4, 0.5) is 5.13 Å². The predicted octanol–water partition coefficient (Wildman–Crippen LogP) is 1.92. The Morgan fingerprint density at radius 2 is 1.72 bits per heavy atom. The lowest BCUT2D eigenvalue weighted by Gasteiger charge is -2.33. The summed E-state index contributed by atoms with van der Waals surface area (Å²) in [6.45, 7) is 6.05. The average Bonchev–Trinajstić information content (AvgIpc) is 3.13.